The van der Waals surface area contributed by atoms with Crippen molar-refractivity contribution in [2.24, 2.45) is 0 Å². The van der Waals surface area contributed by atoms with E-state index in [2.05, 4.69) is 7.75 Å². The molecule has 0 aliphatic rings. The van der Waals surface area contributed by atoms with E-state index in [0.717, 1.165) is 0 Å². The van der Waals surface area contributed by atoms with Crippen LogP contribution in [0.5, 0.6) is 0 Å². The summed E-state index contributed by atoms with van der Waals surface area (Å²) in [6.07, 6.45) is 0. The summed E-state index contributed by atoms with van der Waals surface area (Å²) in [5.74, 6) is -0.370. The van der Waals surface area contributed by atoms with Crippen LogP contribution in [0.3, 0.4) is 0 Å². The van der Waals surface area contributed by atoms with Gasteiger partial charge in [0.15, 0.2) is 0 Å². The average Bonchev–Trinajstić information content (AvgIpc) is 1.89. The molecule has 0 amide bonds. The van der Waals surface area contributed by atoms with Crippen LogP contribution >= 0.6 is 0 Å². The first-order valence-corrected chi connectivity index (χ1v) is 3.74. The zero-order chi connectivity index (χ0) is 7.11. The Labute approximate surface area is 67.2 Å². The summed E-state index contributed by atoms with van der Waals surface area (Å²) in [5, 5.41) is 8.18. The van der Waals surface area contributed by atoms with E-state index in [4.69, 9.17) is 5.11 Å². The molecule has 0 aromatic rings. The molecule has 0 aliphatic heterocycles. The van der Waals surface area contributed by atoms with Crippen LogP contribution in [-0.2, 0) is 12.5 Å². The van der Waals surface area contributed by atoms with E-state index in [0.29, 0.717) is 23.4 Å². The molecule has 0 saturated heterocycles. The second-order valence-corrected chi connectivity index (χ2v) is 1.94. The minimum absolute atomic E-state index is 0.0538. The van der Waals surface area contributed by atoms with E-state index in [1.165, 1.54) is 0 Å². The molecule has 0 aliphatic carbocycles. The summed E-state index contributed by atoms with van der Waals surface area (Å²) in [4.78, 5) is 10.3. The van der Waals surface area contributed by atoms with Gasteiger partial charge in [-0.1, -0.05) is 0 Å². The topological polar surface area (TPSA) is 55.8 Å². The van der Waals surface area contributed by atoms with Gasteiger partial charge in [-0.15, -0.1) is 0 Å². The maximum absolute atomic E-state index is 10.3. The molecule has 0 bridgehead atoms. The monoisotopic (exact) mass is 242 g/mol. The Balaban J connectivity index is 2.97. The molecule has 0 saturated carbocycles. The third-order valence-electron chi connectivity index (χ3n) is 0.587. The van der Waals surface area contributed by atoms with Crippen molar-refractivity contribution < 1.29 is 17.7 Å². The molecule has 4 nitrogen and oxygen atoms in total. The Morgan fingerprint density at radius 1 is 1.67 bits per heavy atom. The molecule has 0 heterocycles. The molecule has 0 aromatic heterocycles. The Hall–Kier alpha value is 0.208. The summed E-state index contributed by atoms with van der Waals surface area (Å²) < 4.78 is 9.01. The van der Waals surface area contributed by atoms with Gasteiger partial charge in [0.2, 0.25) is 0 Å². The number of hydrogen-bond acceptors (Lipinski definition) is 4. The fourth-order valence-corrected chi connectivity index (χ4v) is 0.448. The Morgan fingerprint density at radius 3 is 2.78 bits per heavy atom. The first-order valence-electron chi connectivity index (χ1n) is 2.39. The molecule has 0 radical (unpaired) electrons. The quantitative estimate of drug-likeness (QED) is 0.462. The van der Waals surface area contributed by atoms with E-state index in [-0.39, 0.29) is 25.8 Å². The number of carbonyl (C=O) groups excluding carboxylic acids is 1. The standard InChI is InChI=1S/C4H8O4.Sb.2H/c5-1-2-8-3-4(6)7;;;/h5H,1-3H2,(H,6,7);;;/q;+1;;/p-1. The van der Waals surface area contributed by atoms with Gasteiger partial charge >= 0.3 is 66.9 Å². The minimum atomic E-state index is -0.370. The zero-order valence-corrected chi connectivity index (χ0v) is 8.17. The van der Waals surface area contributed by atoms with Crippen LogP contribution < -0.4 is 0 Å². The van der Waals surface area contributed by atoms with E-state index in [9.17, 15) is 4.79 Å². The number of carbonyl (C=O) groups is 1. The molecule has 0 fully saturated rings. The zero-order valence-electron chi connectivity index (χ0n) is 4.87. The van der Waals surface area contributed by atoms with Gasteiger partial charge in [0, 0.05) is 0 Å². The van der Waals surface area contributed by atoms with Crippen molar-refractivity contribution >= 4 is 29.4 Å². The van der Waals surface area contributed by atoms with Gasteiger partial charge in [-0.3, -0.25) is 0 Å². The molecule has 5 heteroatoms. The number of rotatable bonds is 4. The number of hydrogen-bond donors (Lipinski definition) is 1. The Kier molecular flexibility index (Phi) is 6.48. The molecular formula is C4H9O4Sb. The number of ether oxygens (including phenoxy) is 1. The van der Waals surface area contributed by atoms with Gasteiger partial charge < -0.3 is 0 Å². The maximum atomic E-state index is 10.3. The predicted molar refractivity (Wildman–Crippen MR) is 32.5 cm³/mol. The molecule has 0 atom stereocenters. The molecular weight excluding hydrogens is 234 g/mol. The fraction of sp³-hybridized carbons (Fsp3) is 0.750. The van der Waals surface area contributed by atoms with Crippen LogP contribution in [0.4, 0.5) is 0 Å². The van der Waals surface area contributed by atoms with Crippen LogP contribution in [-0.4, -0.2) is 54.3 Å². The van der Waals surface area contributed by atoms with Gasteiger partial charge in [-0.25, -0.2) is 0 Å². The third-order valence-corrected chi connectivity index (χ3v) is 1.34. The van der Waals surface area contributed by atoms with Gasteiger partial charge in [0.05, 0.1) is 0 Å². The van der Waals surface area contributed by atoms with Crippen LogP contribution in [0, 0.1) is 0 Å². The predicted octanol–water partition coefficient (Wildman–Crippen LogP) is -1.91. The molecule has 0 aromatic carbocycles. The van der Waals surface area contributed by atoms with E-state index in [1.54, 1.807) is 0 Å². The van der Waals surface area contributed by atoms with Gasteiger partial charge in [0.25, 0.3) is 0 Å². The van der Waals surface area contributed by atoms with Crippen molar-refractivity contribution in [1.29, 1.82) is 0 Å². The van der Waals surface area contributed by atoms with Gasteiger partial charge in [-0.2, -0.15) is 0 Å². The normalized spacial score (nSPS) is 9.11. The van der Waals surface area contributed by atoms with Crippen LogP contribution in [0.15, 0.2) is 0 Å². The average molecular weight is 243 g/mol. The molecule has 1 N–H and O–H groups in total. The molecule has 0 rings (SSSR count). The van der Waals surface area contributed by atoms with E-state index >= 15 is 0 Å². The van der Waals surface area contributed by atoms with E-state index in [1.807, 2.05) is 0 Å². The number of aliphatic hydroxyl groups excluding tert-OH is 1. The summed E-state index contributed by atoms with van der Waals surface area (Å²) in [7, 11) is 0. The summed E-state index contributed by atoms with van der Waals surface area (Å²) in [5.41, 5.74) is 0. The van der Waals surface area contributed by atoms with Crippen LogP contribution in [0.25, 0.3) is 0 Å². The van der Waals surface area contributed by atoms with Gasteiger partial charge in [0.1, 0.15) is 0 Å². The molecule has 54 valence electrons. The second-order valence-electron chi connectivity index (χ2n) is 1.27. The summed E-state index contributed by atoms with van der Waals surface area (Å²) >= 11 is 0.456. The first-order chi connectivity index (χ1) is 4.31. The summed E-state index contributed by atoms with van der Waals surface area (Å²) in [6.45, 7) is 0.0746. The molecule has 9 heavy (non-hydrogen) atoms. The van der Waals surface area contributed by atoms with E-state index < -0.39 is 0 Å². The molecule has 0 spiro atoms. The van der Waals surface area contributed by atoms with Crippen molar-refractivity contribution in [3.05, 3.63) is 0 Å². The van der Waals surface area contributed by atoms with Crippen molar-refractivity contribution in [3.8, 4) is 0 Å². The van der Waals surface area contributed by atoms with Crippen molar-refractivity contribution in [1.82, 2.24) is 0 Å². The number of aliphatic hydroxyl groups is 1. The Morgan fingerprint density at radius 2 is 2.33 bits per heavy atom. The molecule has 0 unspecified atom stereocenters. The van der Waals surface area contributed by atoms with Gasteiger partial charge in [-0.05, 0) is 0 Å². The van der Waals surface area contributed by atoms with Crippen molar-refractivity contribution in [2.75, 3.05) is 19.8 Å². The third kappa shape index (κ3) is 6.09. The SMILES string of the molecule is O=C(COCCO)[O][SbH2]. The second kappa shape index (κ2) is 6.33. The van der Waals surface area contributed by atoms with Crippen molar-refractivity contribution in [3.63, 3.8) is 0 Å². The summed E-state index contributed by atoms with van der Waals surface area (Å²) in [6, 6.07) is 0. The fourth-order valence-electron chi connectivity index (χ4n) is 0.254. The Bertz CT molecular complexity index is 84.6. The van der Waals surface area contributed by atoms with Crippen LogP contribution in [0.1, 0.15) is 0 Å². The van der Waals surface area contributed by atoms with Crippen molar-refractivity contribution in [2.45, 2.75) is 0 Å². The first kappa shape index (κ1) is 9.21. The van der Waals surface area contributed by atoms with Crippen LogP contribution in [0.2, 0.25) is 0 Å².